The van der Waals surface area contributed by atoms with Crippen molar-refractivity contribution in [1.29, 1.82) is 0 Å². The van der Waals surface area contributed by atoms with Gasteiger partial charge in [0.1, 0.15) is 5.54 Å². The van der Waals surface area contributed by atoms with Crippen LogP contribution in [0.1, 0.15) is 60.9 Å². The Labute approximate surface area is 153 Å². The normalized spacial score (nSPS) is 22.2. The number of carbonyl (C=O) groups is 3. The number of nitrogens with zero attached hydrogens (tertiary/aromatic N) is 2. The zero-order valence-corrected chi connectivity index (χ0v) is 15.0. The maximum Gasteiger partial charge on any atom is 0.325 e. The molecule has 2 aliphatic heterocycles. The third-order valence-corrected chi connectivity index (χ3v) is 5.89. The zero-order valence-electron chi connectivity index (χ0n) is 15.0. The average Bonchev–Trinajstić information content (AvgIpc) is 3.27. The summed E-state index contributed by atoms with van der Waals surface area (Å²) in [5.41, 5.74) is 0.844. The summed E-state index contributed by atoms with van der Waals surface area (Å²) in [4.78, 5) is 40.8. The van der Waals surface area contributed by atoms with Crippen LogP contribution in [0, 0.1) is 0 Å². The highest BCUT2D eigenvalue weighted by Crippen LogP contribution is 2.34. The summed E-state index contributed by atoms with van der Waals surface area (Å²) >= 11 is 0. The molecule has 1 spiro atoms. The van der Waals surface area contributed by atoms with Crippen LogP contribution in [-0.4, -0.2) is 46.3 Å². The summed E-state index contributed by atoms with van der Waals surface area (Å²) in [6.45, 7) is 1.90. The molecule has 0 unspecified atom stereocenters. The molecule has 0 aromatic heterocycles. The van der Waals surface area contributed by atoms with Gasteiger partial charge in [-0.3, -0.25) is 14.5 Å². The summed E-state index contributed by atoms with van der Waals surface area (Å²) in [6, 6.07) is 6.98. The monoisotopic (exact) mass is 355 g/mol. The molecule has 3 fully saturated rings. The zero-order chi connectivity index (χ0) is 18.1. The summed E-state index contributed by atoms with van der Waals surface area (Å²) in [5, 5.41) is 2.93. The molecule has 4 rings (SSSR count). The highest BCUT2D eigenvalue weighted by molar-refractivity contribution is 6.07. The highest BCUT2D eigenvalue weighted by atomic mass is 16.2. The van der Waals surface area contributed by atoms with E-state index in [4.69, 9.17) is 0 Å². The minimum absolute atomic E-state index is 0.0604. The standard InChI is InChI=1S/C20H25N3O3/c24-17(22-12-4-5-13-22)16-8-6-15(7-9-16)14-23-18(25)20(21-19(23)26)10-2-1-3-11-20/h6-9H,1-5,10-14H2,(H,21,26). The van der Waals surface area contributed by atoms with Gasteiger partial charge in [0.2, 0.25) is 0 Å². The maximum atomic E-state index is 12.8. The maximum absolute atomic E-state index is 12.8. The van der Waals surface area contributed by atoms with Crippen molar-refractivity contribution >= 4 is 17.8 Å². The average molecular weight is 355 g/mol. The number of urea groups is 1. The van der Waals surface area contributed by atoms with E-state index in [2.05, 4.69) is 5.32 Å². The van der Waals surface area contributed by atoms with Crippen LogP contribution in [0.4, 0.5) is 4.79 Å². The van der Waals surface area contributed by atoms with Crippen LogP contribution >= 0.6 is 0 Å². The molecular weight excluding hydrogens is 330 g/mol. The first kappa shape index (κ1) is 17.1. The predicted molar refractivity (Wildman–Crippen MR) is 96.5 cm³/mol. The molecule has 1 aliphatic carbocycles. The van der Waals surface area contributed by atoms with Gasteiger partial charge in [-0.05, 0) is 43.4 Å². The smallest absolute Gasteiger partial charge is 0.325 e. The third-order valence-electron chi connectivity index (χ3n) is 5.89. The fraction of sp³-hybridized carbons (Fsp3) is 0.550. The van der Waals surface area contributed by atoms with Gasteiger partial charge < -0.3 is 10.2 Å². The second-order valence-corrected chi connectivity index (χ2v) is 7.66. The van der Waals surface area contributed by atoms with Gasteiger partial charge in [-0.2, -0.15) is 0 Å². The van der Waals surface area contributed by atoms with E-state index in [0.29, 0.717) is 5.56 Å². The molecule has 1 aromatic rings. The molecule has 26 heavy (non-hydrogen) atoms. The number of hydrogen-bond donors (Lipinski definition) is 1. The van der Waals surface area contributed by atoms with Gasteiger partial charge in [-0.1, -0.05) is 31.4 Å². The Hall–Kier alpha value is -2.37. The Bertz CT molecular complexity index is 716. The highest BCUT2D eigenvalue weighted by Gasteiger charge is 2.51. The largest absolute Gasteiger partial charge is 0.339 e. The third kappa shape index (κ3) is 2.97. The lowest BCUT2D eigenvalue weighted by atomic mass is 9.82. The second kappa shape index (κ2) is 6.74. The number of nitrogens with one attached hydrogen (secondary N) is 1. The van der Waals surface area contributed by atoms with Gasteiger partial charge in [-0.15, -0.1) is 0 Å². The Morgan fingerprint density at radius 3 is 2.27 bits per heavy atom. The van der Waals surface area contributed by atoms with Gasteiger partial charge in [0, 0.05) is 18.7 Å². The van der Waals surface area contributed by atoms with E-state index in [-0.39, 0.29) is 24.4 Å². The van der Waals surface area contributed by atoms with Crippen LogP contribution in [-0.2, 0) is 11.3 Å². The van der Waals surface area contributed by atoms with Crippen molar-refractivity contribution in [3.8, 4) is 0 Å². The molecule has 1 aromatic carbocycles. The van der Waals surface area contributed by atoms with Crippen LogP contribution in [0.15, 0.2) is 24.3 Å². The van der Waals surface area contributed by atoms with E-state index in [1.807, 2.05) is 17.0 Å². The number of amides is 4. The van der Waals surface area contributed by atoms with Crippen molar-refractivity contribution in [1.82, 2.24) is 15.1 Å². The Morgan fingerprint density at radius 2 is 1.62 bits per heavy atom. The Balaban J connectivity index is 1.44. The first-order valence-corrected chi connectivity index (χ1v) is 9.61. The summed E-state index contributed by atoms with van der Waals surface area (Å²) in [5.74, 6) is -0.0374. The molecule has 6 heteroatoms. The van der Waals surface area contributed by atoms with E-state index in [0.717, 1.165) is 63.6 Å². The minimum atomic E-state index is -0.680. The van der Waals surface area contributed by atoms with Gasteiger partial charge in [0.25, 0.3) is 11.8 Å². The van der Waals surface area contributed by atoms with Crippen LogP contribution in [0.25, 0.3) is 0 Å². The molecule has 2 saturated heterocycles. The van der Waals surface area contributed by atoms with Crippen LogP contribution < -0.4 is 5.32 Å². The lowest BCUT2D eigenvalue weighted by Crippen LogP contribution is -2.48. The first-order chi connectivity index (χ1) is 12.6. The van der Waals surface area contributed by atoms with Crippen LogP contribution in [0.3, 0.4) is 0 Å². The van der Waals surface area contributed by atoms with E-state index < -0.39 is 5.54 Å². The fourth-order valence-corrected chi connectivity index (χ4v) is 4.35. The molecule has 1 saturated carbocycles. The van der Waals surface area contributed by atoms with E-state index >= 15 is 0 Å². The molecule has 138 valence electrons. The van der Waals surface area contributed by atoms with Crippen molar-refractivity contribution in [2.75, 3.05) is 13.1 Å². The SMILES string of the molecule is O=C(c1ccc(CN2C(=O)NC3(CCCCC3)C2=O)cc1)N1CCCC1. The number of carbonyl (C=O) groups excluding carboxylic acids is 3. The van der Waals surface area contributed by atoms with E-state index in [9.17, 15) is 14.4 Å². The number of likely N-dealkylation sites (tertiary alicyclic amines) is 1. The minimum Gasteiger partial charge on any atom is -0.339 e. The van der Waals surface area contributed by atoms with Crippen molar-refractivity contribution in [2.45, 2.75) is 57.0 Å². The number of imide groups is 1. The predicted octanol–water partition coefficient (Wildman–Crippen LogP) is 2.68. The van der Waals surface area contributed by atoms with Crippen molar-refractivity contribution in [2.24, 2.45) is 0 Å². The van der Waals surface area contributed by atoms with Crippen molar-refractivity contribution in [3.05, 3.63) is 35.4 Å². The van der Waals surface area contributed by atoms with Crippen LogP contribution in [0.2, 0.25) is 0 Å². The van der Waals surface area contributed by atoms with Crippen molar-refractivity contribution in [3.63, 3.8) is 0 Å². The van der Waals surface area contributed by atoms with Gasteiger partial charge in [0.15, 0.2) is 0 Å². The fourth-order valence-electron chi connectivity index (χ4n) is 4.35. The summed E-state index contributed by atoms with van der Waals surface area (Å²) < 4.78 is 0. The number of rotatable bonds is 3. The number of benzene rings is 1. The molecular formula is C20H25N3O3. The van der Waals surface area contributed by atoms with Gasteiger partial charge in [0.05, 0.1) is 6.54 Å². The molecule has 0 bridgehead atoms. The lowest BCUT2D eigenvalue weighted by molar-refractivity contribution is -0.132. The molecule has 0 radical (unpaired) electrons. The second-order valence-electron chi connectivity index (χ2n) is 7.66. The molecule has 0 atom stereocenters. The van der Waals surface area contributed by atoms with Crippen molar-refractivity contribution < 1.29 is 14.4 Å². The van der Waals surface area contributed by atoms with E-state index in [1.54, 1.807) is 12.1 Å². The molecule has 4 amide bonds. The van der Waals surface area contributed by atoms with Crippen LogP contribution in [0.5, 0.6) is 0 Å². The van der Waals surface area contributed by atoms with Gasteiger partial charge >= 0.3 is 6.03 Å². The molecule has 6 nitrogen and oxygen atoms in total. The molecule has 3 aliphatic rings. The number of hydrogen-bond acceptors (Lipinski definition) is 3. The molecule has 1 N–H and O–H groups in total. The lowest BCUT2D eigenvalue weighted by Gasteiger charge is -2.30. The molecule has 2 heterocycles. The first-order valence-electron chi connectivity index (χ1n) is 9.61. The Kier molecular flexibility index (Phi) is 4.42. The topological polar surface area (TPSA) is 69.7 Å². The van der Waals surface area contributed by atoms with Gasteiger partial charge in [-0.25, -0.2) is 4.79 Å². The Morgan fingerprint density at radius 1 is 0.962 bits per heavy atom. The quantitative estimate of drug-likeness (QED) is 0.848. The summed E-state index contributed by atoms with van der Waals surface area (Å²) in [6.07, 6.45) is 6.68. The summed E-state index contributed by atoms with van der Waals surface area (Å²) in [7, 11) is 0. The van der Waals surface area contributed by atoms with E-state index in [1.165, 1.54) is 4.90 Å².